The van der Waals surface area contributed by atoms with E-state index in [1.807, 2.05) is 0 Å². The molecule has 0 atom stereocenters. The third-order valence-corrected chi connectivity index (χ3v) is 1.79. The lowest BCUT2D eigenvalue weighted by Crippen LogP contribution is -1.92. The number of aromatic nitrogens is 4. The van der Waals surface area contributed by atoms with Crippen LogP contribution in [0.3, 0.4) is 0 Å². The number of anilines is 1. The molecule has 6 heteroatoms. The van der Waals surface area contributed by atoms with Gasteiger partial charge in [-0.25, -0.2) is 0 Å². The van der Waals surface area contributed by atoms with Gasteiger partial charge in [-0.1, -0.05) is 0 Å². The summed E-state index contributed by atoms with van der Waals surface area (Å²) in [5, 5.41) is 20.7. The number of hydrogen-bond acceptors (Lipinski definition) is 5. The van der Waals surface area contributed by atoms with Crippen molar-refractivity contribution in [3.8, 4) is 17.1 Å². The van der Waals surface area contributed by atoms with Gasteiger partial charge in [0, 0.05) is 5.56 Å². The van der Waals surface area contributed by atoms with Gasteiger partial charge < -0.3 is 10.8 Å². The largest absolute Gasteiger partial charge is 0.506 e. The summed E-state index contributed by atoms with van der Waals surface area (Å²) in [4.78, 5) is 1.36. The molecule has 2 rings (SSSR count). The highest BCUT2D eigenvalue weighted by molar-refractivity contribution is 5.65. The predicted octanol–water partition coefficient (Wildman–Crippen LogP) is 0.165. The van der Waals surface area contributed by atoms with Gasteiger partial charge in [0.05, 0.1) is 12.7 Å². The molecule has 0 fully saturated rings. The van der Waals surface area contributed by atoms with E-state index in [1.165, 1.54) is 10.9 Å². The van der Waals surface area contributed by atoms with Gasteiger partial charge in [-0.05, 0) is 23.4 Å². The number of hydrogen-bond donors (Lipinski definition) is 2. The first-order valence-corrected chi connectivity index (χ1v) is 3.99. The molecule has 1 heterocycles. The number of nitrogen functional groups attached to an aromatic ring is 1. The van der Waals surface area contributed by atoms with Crippen LogP contribution >= 0.6 is 0 Å². The Bertz CT molecular complexity index is 465. The first kappa shape index (κ1) is 8.49. The van der Waals surface area contributed by atoms with Gasteiger partial charge in [0.25, 0.3) is 0 Å². The Morgan fingerprint density at radius 2 is 2.21 bits per heavy atom. The summed E-state index contributed by atoms with van der Waals surface area (Å²) in [5.74, 6) is 0.539. The molecule has 14 heavy (non-hydrogen) atoms. The smallest absolute Gasteiger partial charge is 0.204 e. The van der Waals surface area contributed by atoms with Gasteiger partial charge in [0.15, 0.2) is 0 Å². The van der Waals surface area contributed by atoms with E-state index in [1.54, 1.807) is 19.2 Å². The quantitative estimate of drug-likeness (QED) is 0.495. The number of aryl methyl sites for hydroxylation is 1. The topological polar surface area (TPSA) is 89.8 Å². The van der Waals surface area contributed by atoms with Crippen LogP contribution in [0, 0.1) is 0 Å². The average Bonchev–Trinajstić information content (AvgIpc) is 2.57. The van der Waals surface area contributed by atoms with Crippen molar-refractivity contribution in [2.24, 2.45) is 7.05 Å². The van der Waals surface area contributed by atoms with Crippen molar-refractivity contribution in [1.82, 2.24) is 20.2 Å². The Morgan fingerprint density at radius 1 is 1.43 bits per heavy atom. The minimum absolute atomic E-state index is 0.0534. The molecule has 0 bridgehead atoms. The van der Waals surface area contributed by atoms with E-state index in [0.717, 1.165) is 5.56 Å². The highest BCUT2D eigenvalue weighted by Gasteiger charge is 2.06. The fourth-order valence-corrected chi connectivity index (χ4v) is 1.09. The second kappa shape index (κ2) is 2.99. The molecular weight excluding hydrogens is 182 g/mol. The van der Waals surface area contributed by atoms with E-state index in [9.17, 15) is 5.11 Å². The molecule has 0 saturated heterocycles. The number of nitrogens with two attached hydrogens (primary N) is 1. The van der Waals surface area contributed by atoms with Crippen LogP contribution in [0.15, 0.2) is 18.2 Å². The van der Waals surface area contributed by atoms with Crippen molar-refractivity contribution >= 4 is 5.69 Å². The molecule has 2 aromatic rings. The SMILES string of the molecule is Cn1nnc(-c2ccc(O)c(N)c2)n1. The first-order chi connectivity index (χ1) is 6.66. The van der Waals surface area contributed by atoms with E-state index < -0.39 is 0 Å². The van der Waals surface area contributed by atoms with Crippen LogP contribution in [0.1, 0.15) is 0 Å². The van der Waals surface area contributed by atoms with E-state index in [-0.39, 0.29) is 5.75 Å². The molecular formula is C8H9N5O. The lowest BCUT2D eigenvalue weighted by molar-refractivity contribution is 0.478. The van der Waals surface area contributed by atoms with Crippen LogP contribution < -0.4 is 5.73 Å². The molecule has 1 aromatic carbocycles. The Kier molecular flexibility index (Phi) is 1.81. The number of tetrazole rings is 1. The fourth-order valence-electron chi connectivity index (χ4n) is 1.09. The van der Waals surface area contributed by atoms with Gasteiger partial charge in [-0.3, -0.25) is 0 Å². The maximum atomic E-state index is 9.21. The highest BCUT2D eigenvalue weighted by Crippen LogP contribution is 2.24. The molecule has 0 spiro atoms. The molecule has 0 saturated carbocycles. The Balaban J connectivity index is 2.47. The van der Waals surface area contributed by atoms with Gasteiger partial charge in [-0.2, -0.15) is 4.80 Å². The van der Waals surface area contributed by atoms with Crippen molar-refractivity contribution in [1.29, 1.82) is 0 Å². The number of nitrogens with zero attached hydrogens (tertiary/aromatic N) is 4. The molecule has 0 aliphatic carbocycles. The van der Waals surface area contributed by atoms with Crippen LogP contribution in [-0.4, -0.2) is 25.3 Å². The highest BCUT2D eigenvalue weighted by atomic mass is 16.3. The van der Waals surface area contributed by atoms with Gasteiger partial charge in [-0.15, -0.1) is 10.2 Å². The molecule has 3 N–H and O–H groups in total. The van der Waals surface area contributed by atoms with Crippen LogP contribution in [0.25, 0.3) is 11.4 Å². The second-order valence-electron chi connectivity index (χ2n) is 2.88. The first-order valence-electron chi connectivity index (χ1n) is 3.99. The standard InChI is InChI=1S/C8H9N5O/c1-13-11-8(10-12-13)5-2-3-7(14)6(9)4-5/h2-4,14H,9H2,1H3. The molecule has 1 aromatic heterocycles. The molecule has 0 unspecified atom stereocenters. The summed E-state index contributed by atoms with van der Waals surface area (Å²) in [7, 11) is 1.68. The lowest BCUT2D eigenvalue weighted by Gasteiger charge is -1.99. The van der Waals surface area contributed by atoms with E-state index >= 15 is 0 Å². The monoisotopic (exact) mass is 191 g/mol. The van der Waals surface area contributed by atoms with Crippen molar-refractivity contribution in [3.63, 3.8) is 0 Å². The Labute approximate surface area is 80.0 Å². The molecule has 72 valence electrons. The second-order valence-corrected chi connectivity index (χ2v) is 2.88. The zero-order valence-electron chi connectivity index (χ0n) is 7.55. The maximum absolute atomic E-state index is 9.21. The number of rotatable bonds is 1. The molecule has 0 amide bonds. The normalized spacial score (nSPS) is 10.4. The van der Waals surface area contributed by atoms with Crippen LogP contribution in [0.5, 0.6) is 5.75 Å². The number of phenolic OH excluding ortho intramolecular Hbond substituents is 1. The minimum Gasteiger partial charge on any atom is -0.506 e. The summed E-state index contributed by atoms with van der Waals surface area (Å²) in [5.41, 5.74) is 6.56. The minimum atomic E-state index is 0.0534. The summed E-state index contributed by atoms with van der Waals surface area (Å²) < 4.78 is 0. The Hall–Kier alpha value is -2.11. The lowest BCUT2D eigenvalue weighted by atomic mass is 10.2. The molecule has 0 aliphatic heterocycles. The zero-order valence-corrected chi connectivity index (χ0v) is 7.55. The number of benzene rings is 1. The van der Waals surface area contributed by atoms with Crippen LogP contribution in [0.4, 0.5) is 5.69 Å². The van der Waals surface area contributed by atoms with E-state index in [4.69, 9.17) is 5.73 Å². The molecule has 6 nitrogen and oxygen atoms in total. The molecule has 0 aliphatic rings. The third kappa shape index (κ3) is 1.37. The van der Waals surface area contributed by atoms with E-state index in [0.29, 0.717) is 11.5 Å². The van der Waals surface area contributed by atoms with Gasteiger partial charge >= 0.3 is 0 Å². The molecule has 0 radical (unpaired) electrons. The zero-order chi connectivity index (χ0) is 10.1. The van der Waals surface area contributed by atoms with Crippen LogP contribution in [-0.2, 0) is 7.05 Å². The predicted molar refractivity (Wildman–Crippen MR) is 50.3 cm³/mol. The fraction of sp³-hybridized carbons (Fsp3) is 0.125. The van der Waals surface area contributed by atoms with Crippen molar-refractivity contribution in [3.05, 3.63) is 18.2 Å². The summed E-state index contributed by atoms with van der Waals surface area (Å²) in [6.45, 7) is 0. The number of aromatic hydroxyl groups is 1. The number of phenols is 1. The van der Waals surface area contributed by atoms with Crippen molar-refractivity contribution in [2.45, 2.75) is 0 Å². The summed E-state index contributed by atoms with van der Waals surface area (Å²) in [6.07, 6.45) is 0. The third-order valence-electron chi connectivity index (χ3n) is 1.79. The summed E-state index contributed by atoms with van der Waals surface area (Å²) >= 11 is 0. The van der Waals surface area contributed by atoms with Gasteiger partial charge in [0.2, 0.25) is 5.82 Å². The summed E-state index contributed by atoms with van der Waals surface area (Å²) in [6, 6.07) is 4.79. The van der Waals surface area contributed by atoms with Crippen molar-refractivity contribution < 1.29 is 5.11 Å². The van der Waals surface area contributed by atoms with Crippen molar-refractivity contribution in [2.75, 3.05) is 5.73 Å². The maximum Gasteiger partial charge on any atom is 0.204 e. The Morgan fingerprint density at radius 3 is 2.79 bits per heavy atom. The van der Waals surface area contributed by atoms with Gasteiger partial charge in [0.1, 0.15) is 5.75 Å². The van der Waals surface area contributed by atoms with Crippen LogP contribution in [0.2, 0.25) is 0 Å². The average molecular weight is 191 g/mol. The van der Waals surface area contributed by atoms with E-state index in [2.05, 4.69) is 15.4 Å².